The molecule has 0 saturated heterocycles. The number of para-hydroxylation sites is 1. The number of rotatable bonds is 12. The first-order chi connectivity index (χ1) is 14.7. The van der Waals surface area contributed by atoms with E-state index in [0.717, 1.165) is 23.3 Å². The lowest BCUT2D eigenvalue weighted by atomic mass is 10.0. The summed E-state index contributed by atoms with van der Waals surface area (Å²) in [6, 6.07) is 15.4. The first-order valence-electron chi connectivity index (χ1n) is 10.8. The van der Waals surface area contributed by atoms with Gasteiger partial charge in [-0.05, 0) is 48.1 Å². The Bertz CT molecular complexity index is 940. The maximum atomic E-state index is 12.2. The lowest BCUT2D eigenvalue weighted by Crippen LogP contribution is -2.33. The van der Waals surface area contributed by atoms with Crippen LogP contribution >= 0.6 is 0 Å². The van der Waals surface area contributed by atoms with Gasteiger partial charge < -0.3 is 10.1 Å². The molecule has 7 heteroatoms. The number of nitrogens with one attached hydrogen (secondary N) is 1. The van der Waals surface area contributed by atoms with Gasteiger partial charge in [0.2, 0.25) is 15.9 Å². The first-order valence-corrected chi connectivity index (χ1v) is 12.6. The lowest BCUT2D eigenvalue weighted by molar-refractivity contribution is -0.121. The standard InChI is InChI=1S/C24H34N2O4S/c1-5-20-12-14-21(15-13-20)26(31(4,28)29)17-8-11-24(27)25-16-18-30-23-10-7-6-9-22(23)19(2)3/h6-7,9-10,12-15,19H,5,8,11,16-18H2,1-4H3,(H,25,27). The molecule has 0 atom stereocenters. The van der Waals surface area contributed by atoms with Crippen molar-refractivity contribution in [2.75, 3.05) is 30.3 Å². The van der Waals surface area contributed by atoms with Crippen LogP contribution in [0.25, 0.3) is 0 Å². The molecule has 0 aliphatic heterocycles. The Morgan fingerprint density at radius 1 is 1.10 bits per heavy atom. The SMILES string of the molecule is CCc1ccc(N(CCCC(=O)NCCOc2ccccc2C(C)C)S(C)(=O)=O)cc1. The highest BCUT2D eigenvalue weighted by Crippen LogP contribution is 2.25. The first kappa shape index (κ1) is 24.7. The zero-order valence-corrected chi connectivity index (χ0v) is 19.7. The van der Waals surface area contributed by atoms with Crippen molar-refractivity contribution in [1.29, 1.82) is 0 Å². The van der Waals surface area contributed by atoms with Crippen molar-refractivity contribution < 1.29 is 17.9 Å². The van der Waals surface area contributed by atoms with Crippen LogP contribution in [-0.4, -0.2) is 40.3 Å². The molecule has 0 saturated carbocycles. The Labute approximate surface area is 186 Å². The number of nitrogens with zero attached hydrogens (tertiary/aromatic N) is 1. The third-order valence-electron chi connectivity index (χ3n) is 5.02. The van der Waals surface area contributed by atoms with Gasteiger partial charge in [0.05, 0.1) is 18.5 Å². The van der Waals surface area contributed by atoms with Crippen LogP contribution in [0.2, 0.25) is 0 Å². The summed E-state index contributed by atoms with van der Waals surface area (Å²) in [5, 5.41) is 2.84. The average Bonchev–Trinajstić information content (AvgIpc) is 2.73. The van der Waals surface area contributed by atoms with Crippen molar-refractivity contribution in [3.8, 4) is 5.75 Å². The molecule has 0 fully saturated rings. The highest BCUT2D eigenvalue weighted by Gasteiger charge is 2.17. The summed E-state index contributed by atoms with van der Waals surface area (Å²) in [7, 11) is -3.42. The van der Waals surface area contributed by atoms with Crippen LogP contribution in [0, 0.1) is 0 Å². The Hall–Kier alpha value is -2.54. The number of hydrogen-bond donors (Lipinski definition) is 1. The van der Waals surface area contributed by atoms with E-state index >= 15 is 0 Å². The van der Waals surface area contributed by atoms with Crippen molar-refractivity contribution in [2.24, 2.45) is 0 Å². The number of aryl methyl sites for hydroxylation is 1. The van der Waals surface area contributed by atoms with Gasteiger partial charge in [-0.1, -0.05) is 51.1 Å². The molecule has 0 unspecified atom stereocenters. The summed E-state index contributed by atoms with van der Waals surface area (Å²) in [4.78, 5) is 12.1. The number of hydrogen-bond acceptors (Lipinski definition) is 4. The second kappa shape index (κ2) is 11.7. The van der Waals surface area contributed by atoms with Crippen LogP contribution in [0.15, 0.2) is 48.5 Å². The van der Waals surface area contributed by atoms with E-state index in [9.17, 15) is 13.2 Å². The number of amides is 1. The molecule has 2 aromatic carbocycles. The van der Waals surface area contributed by atoms with Crippen molar-refractivity contribution >= 4 is 21.6 Å². The maximum Gasteiger partial charge on any atom is 0.232 e. The van der Waals surface area contributed by atoms with E-state index in [-0.39, 0.29) is 18.9 Å². The van der Waals surface area contributed by atoms with E-state index in [1.807, 2.05) is 48.5 Å². The van der Waals surface area contributed by atoms with Crippen LogP contribution in [0.5, 0.6) is 5.75 Å². The van der Waals surface area contributed by atoms with Gasteiger partial charge in [-0.2, -0.15) is 0 Å². The fraction of sp³-hybridized carbons (Fsp3) is 0.458. The zero-order chi connectivity index (χ0) is 22.9. The monoisotopic (exact) mass is 446 g/mol. The summed E-state index contributed by atoms with van der Waals surface area (Å²) in [5.74, 6) is 1.09. The minimum absolute atomic E-state index is 0.115. The molecule has 1 amide bonds. The Kier molecular flexibility index (Phi) is 9.37. The predicted molar refractivity (Wildman–Crippen MR) is 126 cm³/mol. The van der Waals surface area contributed by atoms with Gasteiger partial charge >= 0.3 is 0 Å². The van der Waals surface area contributed by atoms with Crippen LogP contribution in [0.4, 0.5) is 5.69 Å². The maximum absolute atomic E-state index is 12.2. The smallest absolute Gasteiger partial charge is 0.232 e. The number of benzene rings is 2. The van der Waals surface area contributed by atoms with Gasteiger partial charge in [-0.15, -0.1) is 0 Å². The topological polar surface area (TPSA) is 75.7 Å². The minimum atomic E-state index is -3.42. The molecule has 6 nitrogen and oxygen atoms in total. The van der Waals surface area contributed by atoms with Gasteiger partial charge in [0.1, 0.15) is 12.4 Å². The van der Waals surface area contributed by atoms with Crippen LogP contribution in [0.1, 0.15) is 50.7 Å². The largest absolute Gasteiger partial charge is 0.491 e. The normalized spacial score (nSPS) is 11.4. The lowest BCUT2D eigenvalue weighted by Gasteiger charge is -2.22. The van der Waals surface area contributed by atoms with Crippen LogP contribution in [-0.2, 0) is 21.2 Å². The number of anilines is 1. The second-order valence-electron chi connectivity index (χ2n) is 7.85. The predicted octanol–water partition coefficient (Wildman–Crippen LogP) is 4.11. The highest BCUT2D eigenvalue weighted by molar-refractivity contribution is 7.92. The molecule has 0 aliphatic rings. The van der Waals surface area contributed by atoms with Gasteiger partial charge in [0, 0.05) is 13.0 Å². The van der Waals surface area contributed by atoms with Crippen molar-refractivity contribution in [1.82, 2.24) is 5.32 Å². The third kappa shape index (κ3) is 7.90. The summed E-state index contributed by atoms with van der Waals surface area (Å²) < 4.78 is 31.5. The molecular formula is C24H34N2O4S. The zero-order valence-electron chi connectivity index (χ0n) is 18.9. The molecule has 0 spiro atoms. The number of carbonyl (C=O) groups excluding carboxylic acids is 1. The second-order valence-corrected chi connectivity index (χ2v) is 9.76. The molecule has 170 valence electrons. The van der Waals surface area contributed by atoms with Gasteiger partial charge in [-0.25, -0.2) is 8.42 Å². The Morgan fingerprint density at radius 2 is 1.77 bits per heavy atom. The van der Waals surface area contributed by atoms with Crippen LogP contribution in [0.3, 0.4) is 0 Å². The average molecular weight is 447 g/mol. The number of sulfonamides is 1. The van der Waals surface area contributed by atoms with E-state index in [4.69, 9.17) is 4.74 Å². The number of carbonyl (C=O) groups is 1. The van der Waals surface area contributed by atoms with E-state index < -0.39 is 10.0 Å². The summed E-state index contributed by atoms with van der Waals surface area (Å²) >= 11 is 0. The van der Waals surface area contributed by atoms with Gasteiger partial charge in [0.25, 0.3) is 0 Å². The van der Waals surface area contributed by atoms with E-state index in [0.29, 0.717) is 31.2 Å². The molecular weight excluding hydrogens is 412 g/mol. The van der Waals surface area contributed by atoms with E-state index in [2.05, 4.69) is 26.1 Å². The molecule has 0 bridgehead atoms. The molecule has 0 aliphatic carbocycles. The number of ether oxygens (including phenoxy) is 1. The van der Waals surface area contributed by atoms with E-state index in [1.165, 1.54) is 10.6 Å². The minimum Gasteiger partial charge on any atom is -0.491 e. The molecule has 0 radical (unpaired) electrons. The Balaban J connectivity index is 1.78. The molecule has 0 aromatic heterocycles. The van der Waals surface area contributed by atoms with Crippen molar-refractivity contribution in [2.45, 2.75) is 46.0 Å². The molecule has 31 heavy (non-hydrogen) atoms. The molecule has 1 N–H and O–H groups in total. The molecule has 2 rings (SSSR count). The highest BCUT2D eigenvalue weighted by atomic mass is 32.2. The summed E-state index contributed by atoms with van der Waals surface area (Å²) in [6.45, 7) is 7.32. The summed E-state index contributed by atoms with van der Waals surface area (Å²) in [6.07, 6.45) is 2.77. The fourth-order valence-corrected chi connectivity index (χ4v) is 4.26. The van der Waals surface area contributed by atoms with Crippen LogP contribution < -0.4 is 14.4 Å². The molecule has 2 aromatic rings. The fourth-order valence-electron chi connectivity index (χ4n) is 3.30. The van der Waals surface area contributed by atoms with Gasteiger partial charge in [0.15, 0.2) is 0 Å². The van der Waals surface area contributed by atoms with Gasteiger partial charge in [-0.3, -0.25) is 9.10 Å². The quantitative estimate of drug-likeness (QED) is 0.498. The van der Waals surface area contributed by atoms with Crippen molar-refractivity contribution in [3.63, 3.8) is 0 Å². The van der Waals surface area contributed by atoms with Crippen molar-refractivity contribution in [3.05, 3.63) is 59.7 Å². The molecule has 0 heterocycles. The Morgan fingerprint density at radius 3 is 2.39 bits per heavy atom. The third-order valence-corrected chi connectivity index (χ3v) is 6.21. The summed E-state index contributed by atoms with van der Waals surface area (Å²) in [5.41, 5.74) is 2.91. The van der Waals surface area contributed by atoms with E-state index in [1.54, 1.807) is 0 Å².